The molecule has 0 bridgehead atoms. The van der Waals surface area contributed by atoms with E-state index < -0.39 is 0 Å². The van der Waals surface area contributed by atoms with Gasteiger partial charge in [0.1, 0.15) is 5.78 Å². The number of aliphatic hydroxyl groups excluding tert-OH is 1. The Bertz CT molecular complexity index is 318. The number of aliphatic hydroxyl groups is 1. The summed E-state index contributed by atoms with van der Waals surface area (Å²) < 4.78 is 0. The zero-order chi connectivity index (χ0) is 10.6. The molecule has 0 aliphatic carbocycles. The largest absolute Gasteiger partial charge is 0.396 e. The molecule has 0 aromatic heterocycles. The van der Waals surface area contributed by atoms with Gasteiger partial charge in [-0.2, -0.15) is 0 Å². The Kier molecular flexibility index (Phi) is 3.84. The minimum Gasteiger partial charge on any atom is -0.396 e. The number of ketones is 1. The maximum absolute atomic E-state index is 11.4. The highest BCUT2D eigenvalue weighted by atomic mass is 16.3. The first-order valence-corrected chi connectivity index (χ1v) is 4.83. The first kappa shape index (κ1) is 10.9. The van der Waals surface area contributed by atoms with Crippen LogP contribution in [0.4, 0.5) is 0 Å². The summed E-state index contributed by atoms with van der Waals surface area (Å²) in [7, 11) is 0. The molecular weight excluding hydrogens is 176 g/mol. The fourth-order valence-electron chi connectivity index (χ4n) is 1.68. The minimum atomic E-state index is -0.152. The third-order valence-electron chi connectivity index (χ3n) is 2.47. The van der Waals surface area contributed by atoms with E-state index in [1.165, 1.54) is 0 Å². The lowest BCUT2D eigenvalue weighted by Gasteiger charge is -2.15. The van der Waals surface area contributed by atoms with Gasteiger partial charge < -0.3 is 5.11 Å². The number of aryl methyl sites for hydroxylation is 1. The van der Waals surface area contributed by atoms with Gasteiger partial charge in [-0.05, 0) is 31.4 Å². The molecule has 2 heteroatoms. The Labute approximate surface area is 84.6 Å². The quantitative estimate of drug-likeness (QED) is 0.792. The highest BCUT2D eigenvalue weighted by Gasteiger charge is 2.17. The van der Waals surface area contributed by atoms with Crippen LogP contribution in [0, 0.1) is 6.92 Å². The second-order valence-corrected chi connectivity index (χ2v) is 3.53. The van der Waals surface area contributed by atoms with Gasteiger partial charge in [-0.15, -0.1) is 0 Å². The van der Waals surface area contributed by atoms with E-state index in [0.29, 0.717) is 6.42 Å². The van der Waals surface area contributed by atoms with Gasteiger partial charge in [0.05, 0.1) is 0 Å². The molecule has 0 aliphatic rings. The van der Waals surface area contributed by atoms with E-state index in [4.69, 9.17) is 5.11 Å². The molecule has 1 atom stereocenters. The van der Waals surface area contributed by atoms with Crippen molar-refractivity contribution in [3.63, 3.8) is 0 Å². The molecule has 1 rings (SSSR count). The molecule has 76 valence electrons. The van der Waals surface area contributed by atoms with Gasteiger partial charge in [0.25, 0.3) is 0 Å². The van der Waals surface area contributed by atoms with Crippen molar-refractivity contribution in [1.82, 2.24) is 0 Å². The molecule has 1 N–H and O–H groups in total. The van der Waals surface area contributed by atoms with Crippen molar-refractivity contribution >= 4 is 5.78 Å². The third kappa shape index (κ3) is 2.42. The number of carbonyl (C=O) groups is 1. The molecule has 1 aromatic rings. The fraction of sp³-hybridized carbons (Fsp3) is 0.417. The first-order chi connectivity index (χ1) is 6.66. The lowest BCUT2D eigenvalue weighted by atomic mass is 9.89. The average Bonchev–Trinajstić information content (AvgIpc) is 2.15. The molecule has 1 unspecified atom stereocenters. The van der Waals surface area contributed by atoms with Crippen molar-refractivity contribution in [3.8, 4) is 0 Å². The SMILES string of the molecule is CC(=O)C(CCO)c1ccccc1C. The van der Waals surface area contributed by atoms with Crippen LogP contribution >= 0.6 is 0 Å². The Morgan fingerprint density at radius 3 is 2.57 bits per heavy atom. The van der Waals surface area contributed by atoms with Crippen molar-refractivity contribution in [2.45, 2.75) is 26.2 Å². The van der Waals surface area contributed by atoms with Crippen molar-refractivity contribution in [2.24, 2.45) is 0 Å². The number of benzene rings is 1. The molecular formula is C12H16O2. The summed E-state index contributed by atoms with van der Waals surface area (Å²) in [5.41, 5.74) is 2.15. The van der Waals surface area contributed by atoms with Crippen LogP contribution in [0.25, 0.3) is 0 Å². The lowest BCUT2D eigenvalue weighted by molar-refractivity contribution is -0.118. The van der Waals surface area contributed by atoms with Crippen LogP contribution in [0.2, 0.25) is 0 Å². The summed E-state index contributed by atoms with van der Waals surface area (Å²) in [6.07, 6.45) is 0.514. The Morgan fingerprint density at radius 1 is 1.43 bits per heavy atom. The maximum atomic E-state index is 11.4. The molecule has 1 aromatic carbocycles. The van der Waals surface area contributed by atoms with E-state index in [1.54, 1.807) is 6.92 Å². The molecule has 0 fully saturated rings. The number of Topliss-reactive ketones (excluding diaryl/α,β-unsaturated/α-hetero) is 1. The van der Waals surface area contributed by atoms with Crippen LogP contribution in [-0.4, -0.2) is 17.5 Å². The smallest absolute Gasteiger partial charge is 0.137 e. The summed E-state index contributed by atoms with van der Waals surface area (Å²) >= 11 is 0. The highest BCUT2D eigenvalue weighted by Crippen LogP contribution is 2.23. The van der Waals surface area contributed by atoms with Crippen LogP contribution in [-0.2, 0) is 4.79 Å². The molecule has 0 saturated heterocycles. The van der Waals surface area contributed by atoms with E-state index in [2.05, 4.69) is 0 Å². The van der Waals surface area contributed by atoms with Gasteiger partial charge >= 0.3 is 0 Å². The average molecular weight is 192 g/mol. The highest BCUT2D eigenvalue weighted by molar-refractivity contribution is 5.83. The monoisotopic (exact) mass is 192 g/mol. The number of rotatable bonds is 4. The van der Waals surface area contributed by atoms with Crippen LogP contribution in [0.3, 0.4) is 0 Å². The second-order valence-electron chi connectivity index (χ2n) is 3.53. The summed E-state index contributed by atoms with van der Waals surface area (Å²) in [4.78, 5) is 11.4. The van der Waals surface area contributed by atoms with Gasteiger partial charge in [0, 0.05) is 12.5 Å². The van der Waals surface area contributed by atoms with Gasteiger partial charge in [-0.1, -0.05) is 24.3 Å². The van der Waals surface area contributed by atoms with Gasteiger partial charge in [-0.3, -0.25) is 4.79 Å². The second kappa shape index (κ2) is 4.91. The molecule has 0 radical (unpaired) electrons. The van der Waals surface area contributed by atoms with Crippen molar-refractivity contribution in [1.29, 1.82) is 0 Å². The number of hydrogen-bond acceptors (Lipinski definition) is 2. The van der Waals surface area contributed by atoms with Gasteiger partial charge in [0.15, 0.2) is 0 Å². The maximum Gasteiger partial charge on any atom is 0.137 e. The first-order valence-electron chi connectivity index (χ1n) is 4.83. The molecule has 14 heavy (non-hydrogen) atoms. The summed E-state index contributed by atoms with van der Waals surface area (Å²) in [5.74, 6) is -0.0328. The topological polar surface area (TPSA) is 37.3 Å². The molecule has 2 nitrogen and oxygen atoms in total. The van der Waals surface area contributed by atoms with E-state index in [-0.39, 0.29) is 18.3 Å². The molecule has 0 heterocycles. The van der Waals surface area contributed by atoms with Crippen molar-refractivity contribution in [3.05, 3.63) is 35.4 Å². The standard InChI is InChI=1S/C12H16O2/c1-9-5-3-4-6-11(9)12(7-8-13)10(2)14/h3-6,12-13H,7-8H2,1-2H3. The Morgan fingerprint density at radius 2 is 2.07 bits per heavy atom. The molecule has 0 saturated carbocycles. The Hall–Kier alpha value is -1.15. The molecule has 0 aliphatic heterocycles. The zero-order valence-electron chi connectivity index (χ0n) is 8.66. The lowest BCUT2D eigenvalue weighted by Crippen LogP contribution is -2.11. The van der Waals surface area contributed by atoms with Crippen molar-refractivity contribution < 1.29 is 9.90 Å². The summed E-state index contributed by atoms with van der Waals surface area (Å²) in [5, 5.41) is 8.89. The van der Waals surface area contributed by atoms with Crippen LogP contribution < -0.4 is 0 Å². The molecule has 0 amide bonds. The summed E-state index contributed by atoms with van der Waals surface area (Å²) in [6, 6.07) is 7.82. The fourth-order valence-corrected chi connectivity index (χ4v) is 1.68. The third-order valence-corrected chi connectivity index (χ3v) is 2.47. The van der Waals surface area contributed by atoms with Crippen LogP contribution in [0.1, 0.15) is 30.4 Å². The van der Waals surface area contributed by atoms with E-state index in [1.807, 2.05) is 31.2 Å². The van der Waals surface area contributed by atoms with Gasteiger partial charge in [-0.25, -0.2) is 0 Å². The Balaban J connectivity index is 2.99. The number of hydrogen-bond donors (Lipinski definition) is 1. The number of carbonyl (C=O) groups excluding carboxylic acids is 1. The predicted octanol–water partition coefficient (Wildman–Crippen LogP) is 2.05. The van der Waals surface area contributed by atoms with E-state index in [0.717, 1.165) is 11.1 Å². The van der Waals surface area contributed by atoms with E-state index >= 15 is 0 Å². The predicted molar refractivity (Wildman–Crippen MR) is 56.3 cm³/mol. The van der Waals surface area contributed by atoms with Crippen LogP contribution in [0.5, 0.6) is 0 Å². The summed E-state index contributed by atoms with van der Waals surface area (Å²) in [6.45, 7) is 3.62. The van der Waals surface area contributed by atoms with E-state index in [9.17, 15) is 4.79 Å². The van der Waals surface area contributed by atoms with Gasteiger partial charge in [0.2, 0.25) is 0 Å². The van der Waals surface area contributed by atoms with Crippen LogP contribution in [0.15, 0.2) is 24.3 Å². The van der Waals surface area contributed by atoms with Crippen molar-refractivity contribution in [2.75, 3.05) is 6.61 Å². The molecule has 0 spiro atoms. The minimum absolute atomic E-state index is 0.0541. The normalized spacial score (nSPS) is 12.5. The zero-order valence-corrected chi connectivity index (χ0v) is 8.66.